The number of aliphatic hydroxyl groups is 1. The standard InChI is InChI=1S/C29H35N3O5/c1-18-14-32(19(2)16-33)28(34)25-13-9-8-12-24(25)23-11-7-6-10-22(23)17-36-26(18)15-31(5)29(35)27-20(3)30-37-21(27)4/h6-13,18-19,26,33H,14-17H2,1-5H3/t18-,19-,26-/m1/s1. The van der Waals surface area contributed by atoms with Crippen LogP contribution in [0.15, 0.2) is 53.1 Å². The van der Waals surface area contributed by atoms with Gasteiger partial charge >= 0.3 is 0 Å². The van der Waals surface area contributed by atoms with Gasteiger partial charge in [0.1, 0.15) is 11.3 Å². The van der Waals surface area contributed by atoms with Gasteiger partial charge in [0.25, 0.3) is 11.8 Å². The molecule has 1 aliphatic heterocycles. The lowest BCUT2D eigenvalue weighted by Crippen LogP contribution is -2.47. The van der Waals surface area contributed by atoms with Crippen LogP contribution in [0.5, 0.6) is 0 Å². The van der Waals surface area contributed by atoms with Crippen LogP contribution in [0.25, 0.3) is 11.1 Å². The highest BCUT2D eigenvalue weighted by molar-refractivity contribution is 6.01. The van der Waals surface area contributed by atoms with E-state index in [0.717, 1.165) is 16.7 Å². The molecular weight excluding hydrogens is 470 g/mol. The van der Waals surface area contributed by atoms with Crippen LogP contribution in [0, 0.1) is 19.8 Å². The molecule has 1 aliphatic rings. The van der Waals surface area contributed by atoms with Crippen molar-refractivity contribution in [3.63, 3.8) is 0 Å². The molecule has 0 saturated carbocycles. The maximum Gasteiger partial charge on any atom is 0.259 e. The molecule has 1 aromatic heterocycles. The van der Waals surface area contributed by atoms with E-state index in [-0.39, 0.29) is 36.5 Å². The number of hydrogen-bond acceptors (Lipinski definition) is 6. The molecule has 3 atom stereocenters. The number of carbonyl (C=O) groups excluding carboxylic acids is 2. The van der Waals surface area contributed by atoms with Gasteiger partial charge in [-0.2, -0.15) is 0 Å². The Morgan fingerprint density at radius 3 is 2.43 bits per heavy atom. The van der Waals surface area contributed by atoms with E-state index in [1.807, 2.05) is 62.4 Å². The molecule has 0 aliphatic carbocycles. The third-order valence-corrected chi connectivity index (χ3v) is 7.14. The quantitative estimate of drug-likeness (QED) is 0.561. The molecule has 0 fully saturated rings. The minimum Gasteiger partial charge on any atom is -0.394 e. The fraction of sp³-hybridized carbons (Fsp3) is 0.414. The Kier molecular flexibility index (Phi) is 8.10. The molecule has 37 heavy (non-hydrogen) atoms. The predicted octanol–water partition coefficient (Wildman–Crippen LogP) is 4.09. The van der Waals surface area contributed by atoms with E-state index in [1.165, 1.54) is 0 Å². The van der Waals surface area contributed by atoms with Crippen molar-refractivity contribution in [1.82, 2.24) is 15.0 Å². The largest absolute Gasteiger partial charge is 0.394 e. The molecule has 0 radical (unpaired) electrons. The second-order valence-electron chi connectivity index (χ2n) is 9.90. The van der Waals surface area contributed by atoms with E-state index in [4.69, 9.17) is 9.26 Å². The van der Waals surface area contributed by atoms with Crippen LogP contribution in [0.2, 0.25) is 0 Å². The molecule has 0 saturated heterocycles. The molecule has 0 bridgehead atoms. The normalized spacial score (nSPS) is 19.0. The van der Waals surface area contributed by atoms with Crippen molar-refractivity contribution in [3.8, 4) is 11.1 Å². The zero-order valence-corrected chi connectivity index (χ0v) is 22.1. The fourth-order valence-corrected chi connectivity index (χ4v) is 4.88. The Hall–Kier alpha value is -3.49. The number of hydrogen-bond donors (Lipinski definition) is 1. The summed E-state index contributed by atoms with van der Waals surface area (Å²) < 4.78 is 11.7. The Morgan fingerprint density at radius 2 is 1.78 bits per heavy atom. The van der Waals surface area contributed by atoms with Crippen LogP contribution in [-0.2, 0) is 11.3 Å². The predicted molar refractivity (Wildman–Crippen MR) is 140 cm³/mol. The van der Waals surface area contributed by atoms with Gasteiger partial charge in [-0.25, -0.2) is 0 Å². The molecular formula is C29H35N3O5. The highest BCUT2D eigenvalue weighted by atomic mass is 16.5. The number of aromatic nitrogens is 1. The summed E-state index contributed by atoms with van der Waals surface area (Å²) in [6.45, 7) is 8.17. The van der Waals surface area contributed by atoms with Crippen LogP contribution in [0.3, 0.4) is 0 Å². The van der Waals surface area contributed by atoms with E-state index < -0.39 is 0 Å². The van der Waals surface area contributed by atoms with Crippen LogP contribution in [0.1, 0.15) is 51.6 Å². The monoisotopic (exact) mass is 505 g/mol. The van der Waals surface area contributed by atoms with Crippen LogP contribution < -0.4 is 0 Å². The Balaban J connectivity index is 1.72. The van der Waals surface area contributed by atoms with Crippen LogP contribution in [0.4, 0.5) is 0 Å². The minimum absolute atomic E-state index is 0.129. The summed E-state index contributed by atoms with van der Waals surface area (Å²) >= 11 is 0. The van der Waals surface area contributed by atoms with Gasteiger partial charge in [-0.05, 0) is 43.5 Å². The highest BCUT2D eigenvalue weighted by Gasteiger charge is 2.32. The first kappa shape index (κ1) is 26.6. The number of aliphatic hydroxyl groups excluding tert-OH is 1. The van der Waals surface area contributed by atoms with Crippen molar-refractivity contribution < 1.29 is 24.0 Å². The number of amides is 2. The molecule has 4 rings (SSSR count). The van der Waals surface area contributed by atoms with Gasteiger partial charge in [0.15, 0.2) is 0 Å². The Labute approximate surface area is 217 Å². The van der Waals surface area contributed by atoms with E-state index in [1.54, 1.807) is 30.7 Å². The fourth-order valence-electron chi connectivity index (χ4n) is 4.88. The molecule has 3 aromatic rings. The molecule has 2 amide bonds. The maximum absolute atomic E-state index is 13.9. The summed E-state index contributed by atoms with van der Waals surface area (Å²) in [6, 6.07) is 15.1. The number of aryl methyl sites for hydroxylation is 2. The van der Waals surface area contributed by atoms with Gasteiger partial charge in [-0.3, -0.25) is 9.59 Å². The van der Waals surface area contributed by atoms with Gasteiger partial charge in [0.2, 0.25) is 0 Å². The van der Waals surface area contributed by atoms with Crippen molar-refractivity contribution in [2.45, 2.75) is 46.4 Å². The second-order valence-corrected chi connectivity index (χ2v) is 9.90. The second kappa shape index (κ2) is 11.3. The number of benzene rings is 2. The van der Waals surface area contributed by atoms with E-state index >= 15 is 0 Å². The molecule has 196 valence electrons. The lowest BCUT2D eigenvalue weighted by atomic mass is 9.94. The van der Waals surface area contributed by atoms with Gasteiger partial charge in [0, 0.05) is 31.6 Å². The molecule has 0 unspecified atom stereocenters. The minimum atomic E-state index is -0.388. The van der Waals surface area contributed by atoms with Crippen molar-refractivity contribution in [2.75, 3.05) is 26.7 Å². The molecule has 1 N–H and O–H groups in total. The summed E-state index contributed by atoms with van der Waals surface area (Å²) in [7, 11) is 1.73. The molecule has 2 heterocycles. The number of fused-ring (bicyclic) bond motifs is 3. The number of carbonyl (C=O) groups is 2. The third kappa shape index (κ3) is 5.45. The first-order valence-electron chi connectivity index (χ1n) is 12.6. The van der Waals surface area contributed by atoms with Crippen molar-refractivity contribution in [3.05, 3.63) is 76.7 Å². The Morgan fingerprint density at radius 1 is 1.14 bits per heavy atom. The first-order valence-corrected chi connectivity index (χ1v) is 12.6. The number of nitrogens with zero attached hydrogens (tertiary/aromatic N) is 3. The van der Waals surface area contributed by atoms with Gasteiger partial charge in [-0.15, -0.1) is 0 Å². The topological polar surface area (TPSA) is 96.1 Å². The van der Waals surface area contributed by atoms with Gasteiger partial charge in [-0.1, -0.05) is 54.5 Å². The van der Waals surface area contributed by atoms with E-state index in [2.05, 4.69) is 5.16 Å². The maximum atomic E-state index is 13.9. The summed E-state index contributed by atoms with van der Waals surface area (Å²) in [6.07, 6.45) is -0.370. The van der Waals surface area contributed by atoms with Crippen molar-refractivity contribution in [1.29, 1.82) is 0 Å². The number of ether oxygens (including phenoxy) is 1. The summed E-state index contributed by atoms with van der Waals surface area (Å²) in [5.41, 5.74) is 4.31. The van der Waals surface area contributed by atoms with Gasteiger partial charge < -0.3 is 24.2 Å². The molecule has 0 spiro atoms. The zero-order chi connectivity index (χ0) is 26.7. The smallest absolute Gasteiger partial charge is 0.259 e. The van der Waals surface area contributed by atoms with E-state index in [0.29, 0.717) is 42.3 Å². The Bertz CT molecular complexity index is 1250. The summed E-state index contributed by atoms with van der Waals surface area (Å²) in [5.74, 6) is 0.0201. The summed E-state index contributed by atoms with van der Waals surface area (Å²) in [4.78, 5) is 30.5. The van der Waals surface area contributed by atoms with Crippen molar-refractivity contribution in [2.24, 2.45) is 5.92 Å². The number of likely N-dealkylation sites (N-methyl/N-ethyl adjacent to an activating group) is 1. The highest BCUT2D eigenvalue weighted by Crippen LogP contribution is 2.31. The van der Waals surface area contributed by atoms with Crippen molar-refractivity contribution >= 4 is 11.8 Å². The lowest BCUT2D eigenvalue weighted by molar-refractivity contribution is -0.0209. The van der Waals surface area contributed by atoms with Crippen LogP contribution >= 0.6 is 0 Å². The molecule has 8 nitrogen and oxygen atoms in total. The average Bonchev–Trinajstić information content (AvgIpc) is 3.24. The average molecular weight is 506 g/mol. The lowest BCUT2D eigenvalue weighted by Gasteiger charge is -2.35. The van der Waals surface area contributed by atoms with Gasteiger partial charge in [0.05, 0.1) is 31.1 Å². The SMILES string of the molecule is Cc1noc(C)c1C(=O)N(C)C[C@H]1OCc2ccccc2-c2ccccc2C(=O)N([C@H](C)CO)C[C@H]1C. The number of rotatable bonds is 5. The van der Waals surface area contributed by atoms with E-state index in [9.17, 15) is 14.7 Å². The van der Waals surface area contributed by atoms with Crippen LogP contribution in [-0.4, -0.2) is 70.8 Å². The third-order valence-electron chi connectivity index (χ3n) is 7.14. The zero-order valence-electron chi connectivity index (χ0n) is 22.1. The summed E-state index contributed by atoms with van der Waals surface area (Å²) in [5, 5.41) is 13.9. The molecule has 2 aromatic carbocycles. The first-order chi connectivity index (χ1) is 17.7. The molecule has 8 heteroatoms.